The predicted molar refractivity (Wildman–Crippen MR) is 75.3 cm³/mol. The molecule has 0 saturated carbocycles. The van der Waals surface area contributed by atoms with Crippen LogP contribution in [-0.2, 0) is 6.42 Å². The Morgan fingerprint density at radius 3 is 2.67 bits per heavy atom. The summed E-state index contributed by atoms with van der Waals surface area (Å²) in [5, 5.41) is 0. The highest BCUT2D eigenvalue weighted by atomic mass is 32.1. The standard InChI is InChI=1S/C12H19FN4S/c1-4-9-11(13)12(16-7-15-9)17(8(2)3)6-5-10(14)18/h7-8H,4-6H2,1-3H3,(H2,14,18). The maximum absolute atomic E-state index is 14.2. The lowest BCUT2D eigenvalue weighted by Gasteiger charge is -2.28. The van der Waals surface area contributed by atoms with E-state index in [4.69, 9.17) is 18.0 Å². The largest absolute Gasteiger partial charge is 0.393 e. The summed E-state index contributed by atoms with van der Waals surface area (Å²) < 4.78 is 14.2. The van der Waals surface area contributed by atoms with E-state index < -0.39 is 0 Å². The van der Waals surface area contributed by atoms with E-state index in [1.807, 2.05) is 25.7 Å². The lowest BCUT2D eigenvalue weighted by Crippen LogP contribution is -2.35. The number of halogens is 1. The monoisotopic (exact) mass is 270 g/mol. The molecule has 1 aromatic rings. The van der Waals surface area contributed by atoms with Crippen molar-refractivity contribution in [2.75, 3.05) is 11.4 Å². The zero-order valence-corrected chi connectivity index (χ0v) is 11.8. The summed E-state index contributed by atoms with van der Waals surface area (Å²) in [7, 11) is 0. The van der Waals surface area contributed by atoms with E-state index in [0.29, 0.717) is 35.9 Å². The first-order valence-corrected chi connectivity index (χ1v) is 6.42. The van der Waals surface area contributed by atoms with Gasteiger partial charge in [0.2, 0.25) is 0 Å². The van der Waals surface area contributed by atoms with E-state index in [9.17, 15) is 4.39 Å². The van der Waals surface area contributed by atoms with Crippen LogP contribution in [0.4, 0.5) is 10.2 Å². The summed E-state index contributed by atoms with van der Waals surface area (Å²) in [6.07, 6.45) is 2.48. The molecule has 0 radical (unpaired) electrons. The lowest BCUT2D eigenvalue weighted by atomic mass is 10.2. The normalized spacial score (nSPS) is 10.7. The van der Waals surface area contributed by atoms with Crippen molar-refractivity contribution >= 4 is 23.0 Å². The molecular formula is C12H19FN4S. The second kappa shape index (κ2) is 6.58. The number of anilines is 1. The number of aromatic nitrogens is 2. The summed E-state index contributed by atoms with van der Waals surface area (Å²) in [6.45, 7) is 6.38. The first kappa shape index (κ1) is 14.8. The van der Waals surface area contributed by atoms with Crippen LogP contribution in [0.25, 0.3) is 0 Å². The molecule has 0 atom stereocenters. The first-order chi connectivity index (χ1) is 8.47. The van der Waals surface area contributed by atoms with E-state index in [1.54, 1.807) is 0 Å². The van der Waals surface area contributed by atoms with E-state index >= 15 is 0 Å². The summed E-state index contributed by atoms with van der Waals surface area (Å²) in [6, 6.07) is 0.119. The average molecular weight is 270 g/mol. The van der Waals surface area contributed by atoms with E-state index in [0.717, 1.165) is 0 Å². The Kier molecular flexibility index (Phi) is 5.40. The molecule has 0 fully saturated rings. The lowest BCUT2D eigenvalue weighted by molar-refractivity contribution is 0.570. The highest BCUT2D eigenvalue weighted by Crippen LogP contribution is 2.20. The van der Waals surface area contributed by atoms with Gasteiger partial charge in [-0.1, -0.05) is 19.1 Å². The molecule has 2 N–H and O–H groups in total. The van der Waals surface area contributed by atoms with Gasteiger partial charge in [0, 0.05) is 19.0 Å². The van der Waals surface area contributed by atoms with Crippen LogP contribution in [-0.4, -0.2) is 27.5 Å². The highest BCUT2D eigenvalue weighted by molar-refractivity contribution is 7.80. The quantitative estimate of drug-likeness (QED) is 0.802. The number of hydrogen-bond acceptors (Lipinski definition) is 4. The van der Waals surface area contributed by atoms with Crippen LogP contribution in [0.2, 0.25) is 0 Å². The second-order valence-corrected chi connectivity index (χ2v) is 4.84. The predicted octanol–water partition coefficient (Wildman–Crippen LogP) is 2.07. The van der Waals surface area contributed by atoms with Gasteiger partial charge in [-0.2, -0.15) is 0 Å². The molecule has 0 saturated heterocycles. The maximum Gasteiger partial charge on any atom is 0.187 e. The van der Waals surface area contributed by atoms with Crippen LogP contribution < -0.4 is 10.6 Å². The van der Waals surface area contributed by atoms with E-state index in [2.05, 4.69) is 9.97 Å². The van der Waals surface area contributed by atoms with Crippen molar-refractivity contribution in [1.29, 1.82) is 0 Å². The molecule has 1 heterocycles. The number of hydrogen-bond donors (Lipinski definition) is 1. The molecule has 1 aromatic heterocycles. The summed E-state index contributed by atoms with van der Waals surface area (Å²) in [5.74, 6) is -0.0234. The first-order valence-electron chi connectivity index (χ1n) is 6.01. The topological polar surface area (TPSA) is 55.0 Å². The third-order valence-corrected chi connectivity index (χ3v) is 2.88. The number of thiocarbonyl (C=S) groups is 1. The highest BCUT2D eigenvalue weighted by Gasteiger charge is 2.19. The Balaban J connectivity index is 3.02. The minimum Gasteiger partial charge on any atom is -0.393 e. The van der Waals surface area contributed by atoms with Gasteiger partial charge in [0.1, 0.15) is 6.33 Å². The molecule has 0 aromatic carbocycles. The van der Waals surface area contributed by atoms with Crippen molar-refractivity contribution in [3.63, 3.8) is 0 Å². The third-order valence-electron chi connectivity index (χ3n) is 2.67. The summed E-state index contributed by atoms with van der Waals surface area (Å²) in [4.78, 5) is 10.3. The smallest absolute Gasteiger partial charge is 0.187 e. The van der Waals surface area contributed by atoms with E-state index in [1.165, 1.54) is 6.33 Å². The third kappa shape index (κ3) is 3.60. The van der Waals surface area contributed by atoms with Gasteiger partial charge < -0.3 is 10.6 Å². The summed E-state index contributed by atoms with van der Waals surface area (Å²) in [5.41, 5.74) is 5.92. The minimum absolute atomic E-state index is 0.119. The zero-order chi connectivity index (χ0) is 13.7. The number of rotatable bonds is 6. The molecule has 4 nitrogen and oxygen atoms in total. The van der Waals surface area contributed by atoms with Crippen molar-refractivity contribution in [1.82, 2.24) is 9.97 Å². The Hall–Kier alpha value is -1.30. The Bertz CT molecular complexity index is 423. The van der Waals surface area contributed by atoms with Crippen molar-refractivity contribution in [3.8, 4) is 0 Å². The molecule has 100 valence electrons. The number of aryl methyl sites for hydroxylation is 1. The molecule has 1 rings (SSSR count). The fraction of sp³-hybridized carbons (Fsp3) is 0.583. The average Bonchev–Trinajstić information content (AvgIpc) is 2.30. The van der Waals surface area contributed by atoms with Gasteiger partial charge in [-0.15, -0.1) is 0 Å². The molecule has 0 aliphatic rings. The van der Waals surface area contributed by atoms with Crippen LogP contribution in [0.15, 0.2) is 6.33 Å². The fourth-order valence-electron chi connectivity index (χ4n) is 1.68. The molecule has 0 aliphatic heterocycles. The van der Waals surface area contributed by atoms with Crippen LogP contribution in [0.1, 0.15) is 32.9 Å². The Morgan fingerprint density at radius 1 is 1.50 bits per heavy atom. The van der Waals surface area contributed by atoms with Crippen molar-refractivity contribution in [3.05, 3.63) is 17.8 Å². The van der Waals surface area contributed by atoms with Gasteiger partial charge in [-0.05, 0) is 20.3 Å². The minimum atomic E-state index is -0.350. The molecule has 0 amide bonds. The molecule has 18 heavy (non-hydrogen) atoms. The van der Waals surface area contributed by atoms with Gasteiger partial charge >= 0.3 is 0 Å². The molecule has 0 spiro atoms. The molecule has 0 aliphatic carbocycles. The van der Waals surface area contributed by atoms with Gasteiger partial charge in [0.25, 0.3) is 0 Å². The molecule has 0 bridgehead atoms. The molecule has 6 heteroatoms. The number of nitrogens with zero attached hydrogens (tertiary/aromatic N) is 3. The Morgan fingerprint density at radius 2 is 2.17 bits per heavy atom. The van der Waals surface area contributed by atoms with Crippen LogP contribution in [0.5, 0.6) is 0 Å². The Labute approximate surface area is 112 Å². The van der Waals surface area contributed by atoms with E-state index in [-0.39, 0.29) is 11.9 Å². The van der Waals surface area contributed by atoms with Crippen LogP contribution >= 0.6 is 12.2 Å². The van der Waals surface area contributed by atoms with Gasteiger partial charge in [-0.25, -0.2) is 14.4 Å². The van der Waals surface area contributed by atoms with Crippen molar-refractivity contribution in [2.24, 2.45) is 5.73 Å². The maximum atomic E-state index is 14.2. The van der Waals surface area contributed by atoms with Gasteiger partial charge in [0.15, 0.2) is 11.6 Å². The summed E-state index contributed by atoms with van der Waals surface area (Å²) >= 11 is 4.86. The van der Waals surface area contributed by atoms with Crippen molar-refractivity contribution in [2.45, 2.75) is 39.7 Å². The second-order valence-electron chi connectivity index (χ2n) is 4.31. The van der Waals surface area contributed by atoms with Gasteiger partial charge in [0.05, 0.1) is 10.7 Å². The van der Waals surface area contributed by atoms with Crippen LogP contribution in [0.3, 0.4) is 0 Å². The molecular weight excluding hydrogens is 251 g/mol. The molecule has 0 unspecified atom stereocenters. The number of nitrogens with two attached hydrogens (primary N) is 1. The zero-order valence-electron chi connectivity index (χ0n) is 11.0. The van der Waals surface area contributed by atoms with Crippen molar-refractivity contribution < 1.29 is 4.39 Å². The van der Waals surface area contributed by atoms with Crippen LogP contribution in [0, 0.1) is 5.82 Å². The SMILES string of the molecule is CCc1ncnc(N(CCC(N)=S)C(C)C)c1F. The fourth-order valence-corrected chi connectivity index (χ4v) is 1.77. The van der Waals surface area contributed by atoms with Gasteiger partial charge in [-0.3, -0.25) is 0 Å².